The quantitative estimate of drug-likeness (QED) is 0.247. The average molecular weight is 561 g/mol. The number of carbonyl (C=O) groups is 1. The molecule has 1 atom stereocenters. The molecule has 0 aliphatic carbocycles. The van der Waals surface area contributed by atoms with E-state index in [2.05, 4.69) is 45.2 Å². The van der Waals surface area contributed by atoms with E-state index in [9.17, 15) is 19.6 Å². The molecule has 0 saturated carbocycles. The zero-order valence-corrected chi connectivity index (χ0v) is 21.9. The van der Waals surface area contributed by atoms with Crippen molar-refractivity contribution < 1.29 is 4.79 Å². The van der Waals surface area contributed by atoms with Gasteiger partial charge in [-0.2, -0.15) is 20.2 Å². The van der Waals surface area contributed by atoms with Gasteiger partial charge in [-0.1, -0.05) is 12.1 Å². The number of nitriles is 1. The van der Waals surface area contributed by atoms with Crippen molar-refractivity contribution in [3.05, 3.63) is 99.3 Å². The van der Waals surface area contributed by atoms with Gasteiger partial charge in [0.25, 0.3) is 17.4 Å². The Balaban J connectivity index is 1.48. The van der Waals surface area contributed by atoms with Gasteiger partial charge < -0.3 is 19.9 Å². The number of H-pyrrole nitrogens is 3. The van der Waals surface area contributed by atoms with Crippen molar-refractivity contribution in [1.29, 1.82) is 5.26 Å². The first-order valence-corrected chi connectivity index (χ1v) is 12.7. The highest BCUT2D eigenvalue weighted by Crippen LogP contribution is 2.28. The van der Waals surface area contributed by atoms with Crippen LogP contribution in [0.3, 0.4) is 0 Å². The summed E-state index contributed by atoms with van der Waals surface area (Å²) in [5.74, 6) is -0.504. The number of nitrogens with zero attached hydrogens (tertiary/aromatic N) is 9. The number of hydrogen-bond acceptors (Lipinski definition) is 10. The number of benzene rings is 2. The van der Waals surface area contributed by atoms with Crippen molar-refractivity contribution in [2.45, 2.75) is 13.0 Å². The van der Waals surface area contributed by atoms with Gasteiger partial charge in [-0.3, -0.25) is 9.59 Å². The van der Waals surface area contributed by atoms with Gasteiger partial charge in [-0.15, -0.1) is 5.11 Å². The lowest BCUT2D eigenvalue weighted by atomic mass is 10.2. The van der Waals surface area contributed by atoms with Crippen molar-refractivity contribution >= 4 is 39.3 Å². The normalized spacial score (nSPS) is 12.1. The summed E-state index contributed by atoms with van der Waals surface area (Å²) in [7, 11) is 0. The molecule has 0 saturated heterocycles. The molecule has 206 valence electrons. The molecular formula is C27H20N12O3. The van der Waals surface area contributed by atoms with Crippen molar-refractivity contribution in [2.24, 2.45) is 10.2 Å². The Morgan fingerprint density at radius 3 is 2.64 bits per heavy atom. The van der Waals surface area contributed by atoms with E-state index in [0.29, 0.717) is 27.6 Å². The van der Waals surface area contributed by atoms with Crippen LogP contribution in [0.2, 0.25) is 0 Å². The number of imidazole rings is 1. The average Bonchev–Trinajstić information content (AvgIpc) is 3.60. The van der Waals surface area contributed by atoms with Crippen LogP contribution in [-0.4, -0.2) is 52.1 Å². The number of hydrogen-bond donors (Lipinski definition) is 3. The van der Waals surface area contributed by atoms with Crippen molar-refractivity contribution in [1.82, 2.24) is 39.7 Å². The van der Waals surface area contributed by atoms with Gasteiger partial charge in [0.1, 0.15) is 17.5 Å². The number of para-hydroxylation sites is 1. The van der Waals surface area contributed by atoms with Crippen LogP contribution in [0.5, 0.6) is 0 Å². The molecule has 2 aromatic carbocycles. The van der Waals surface area contributed by atoms with Gasteiger partial charge in [0.15, 0.2) is 5.82 Å². The minimum absolute atomic E-state index is 0.0148. The predicted octanol–water partition coefficient (Wildman–Crippen LogP) is 2.82. The summed E-state index contributed by atoms with van der Waals surface area (Å²) >= 11 is 0. The van der Waals surface area contributed by atoms with E-state index in [-0.39, 0.29) is 35.4 Å². The van der Waals surface area contributed by atoms with Crippen LogP contribution in [-0.2, 0) is 4.79 Å². The smallest absolute Gasteiger partial charge is 0.310 e. The third-order valence-corrected chi connectivity index (χ3v) is 6.39. The second kappa shape index (κ2) is 10.7. The number of anilines is 1. The third kappa shape index (κ3) is 4.69. The van der Waals surface area contributed by atoms with Gasteiger partial charge in [0.2, 0.25) is 6.04 Å². The minimum Gasteiger partial charge on any atom is -0.310 e. The summed E-state index contributed by atoms with van der Waals surface area (Å²) in [5.41, 5.74) is 1.13. The van der Waals surface area contributed by atoms with Crippen molar-refractivity contribution in [3.8, 4) is 12.0 Å². The van der Waals surface area contributed by atoms with Gasteiger partial charge in [-0.25, -0.2) is 19.7 Å². The number of nitrogens with one attached hydrogen (secondary N) is 3. The molecule has 42 heavy (non-hydrogen) atoms. The Morgan fingerprint density at radius 1 is 1.07 bits per heavy atom. The predicted molar refractivity (Wildman–Crippen MR) is 150 cm³/mol. The second-order valence-electron chi connectivity index (χ2n) is 8.93. The SMILES string of the molecule is CCN(C(=O)C(N=Nc1c(C#N)cnn1-c1ncccn1)c1nc2ccccc2c(=O)[nH]1)c1ccc2[nH]c(=O)[nH]c2c1. The summed E-state index contributed by atoms with van der Waals surface area (Å²) in [6.45, 7) is 1.98. The van der Waals surface area contributed by atoms with Crippen molar-refractivity contribution in [2.75, 3.05) is 11.4 Å². The first kappa shape index (κ1) is 26.0. The molecule has 0 bridgehead atoms. The number of azo groups is 1. The Kier molecular flexibility index (Phi) is 6.61. The third-order valence-electron chi connectivity index (χ3n) is 6.39. The van der Waals surface area contributed by atoms with Gasteiger partial charge in [0, 0.05) is 24.6 Å². The Morgan fingerprint density at radius 2 is 1.86 bits per heavy atom. The lowest BCUT2D eigenvalue weighted by molar-refractivity contribution is -0.120. The highest BCUT2D eigenvalue weighted by molar-refractivity contribution is 5.99. The maximum absolute atomic E-state index is 14.2. The van der Waals surface area contributed by atoms with Crippen LogP contribution in [0.25, 0.3) is 27.9 Å². The van der Waals surface area contributed by atoms with Crippen LogP contribution in [0.1, 0.15) is 24.4 Å². The largest absolute Gasteiger partial charge is 0.323 e. The van der Waals surface area contributed by atoms with E-state index in [1.807, 2.05) is 6.07 Å². The lowest BCUT2D eigenvalue weighted by Crippen LogP contribution is -2.35. The molecule has 0 aliphatic heterocycles. The number of aromatic nitrogens is 8. The number of fused-ring (bicyclic) bond motifs is 2. The Labute approximate surface area is 235 Å². The zero-order chi connectivity index (χ0) is 29.2. The zero-order valence-electron chi connectivity index (χ0n) is 21.9. The topological polar surface area (TPSA) is 207 Å². The van der Waals surface area contributed by atoms with Crippen LogP contribution >= 0.6 is 0 Å². The fourth-order valence-corrected chi connectivity index (χ4v) is 4.43. The molecular weight excluding hydrogens is 540 g/mol. The number of aromatic amines is 3. The molecule has 0 radical (unpaired) electrons. The summed E-state index contributed by atoms with van der Waals surface area (Å²) < 4.78 is 1.22. The van der Waals surface area contributed by atoms with Gasteiger partial charge >= 0.3 is 5.69 Å². The van der Waals surface area contributed by atoms with E-state index in [0.717, 1.165) is 0 Å². The van der Waals surface area contributed by atoms with Gasteiger partial charge in [-0.05, 0) is 43.3 Å². The number of carbonyl (C=O) groups excluding carboxylic acids is 1. The molecule has 15 nitrogen and oxygen atoms in total. The van der Waals surface area contributed by atoms with Gasteiger partial charge in [0.05, 0.1) is 28.1 Å². The molecule has 3 N–H and O–H groups in total. The lowest BCUT2D eigenvalue weighted by Gasteiger charge is -2.24. The molecule has 0 aliphatic rings. The summed E-state index contributed by atoms with van der Waals surface area (Å²) in [6.07, 6.45) is 4.28. The van der Waals surface area contributed by atoms with Crippen LogP contribution < -0.4 is 16.1 Å². The summed E-state index contributed by atoms with van der Waals surface area (Å²) in [5, 5.41) is 22.7. The summed E-state index contributed by atoms with van der Waals surface area (Å²) in [6, 6.07) is 13.9. The standard InChI is InChI=1S/C27H20N12O3/c1-2-38(16-8-9-19-20(12-16)34-27(42)33-19)25(41)21(22-32-18-7-4-3-6-17(18)24(40)35-22)36-37-23-15(13-28)14-31-39(23)26-29-10-5-11-30-26/h3-12,14,21H,2H2,1H3,(H,32,35,40)(H2,33,34,42). The molecule has 0 spiro atoms. The molecule has 1 amide bonds. The van der Waals surface area contributed by atoms with E-state index in [1.165, 1.54) is 28.2 Å². The maximum atomic E-state index is 14.2. The first-order chi connectivity index (χ1) is 20.5. The molecule has 4 aromatic heterocycles. The maximum Gasteiger partial charge on any atom is 0.323 e. The highest BCUT2D eigenvalue weighted by atomic mass is 16.2. The Hall–Kier alpha value is -6.30. The molecule has 15 heteroatoms. The van der Waals surface area contributed by atoms with Crippen LogP contribution in [0, 0.1) is 11.3 Å². The fourth-order valence-electron chi connectivity index (χ4n) is 4.43. The minimum atomic E-state index is -1.44. The highest BCUT2D eigenvalue weighted by Gasteiger charge is 2.30. The fraction of sp³-hybridized carbons (Fsp3) is 0.111. The monoisotopic (exact) mass is 560 g/mol. The van der Waals surface area contributed by atoms with E-state index in [1.54, 1.807) is 55.5 Å². The van der Waals surface area contributed by atoms with E-state index >= 15 is 0 Å². The summed E-state index contributed by atoms with van der Waals surface area (Å²) in [4.78, 5) is 61.1. The second-order valence-corrected chi connectivity index (χ2v) is 8.93. The Bertz CT molecular complexity index is 2140. The number of amides is 1. The molecule has 0 fully saturated rings. The van der Waals surface area contributed by atoms with Crippen LogP contribution in [0.4, 0.5) is 11.5 Å². The first-order valence-electron chi connectivity index (χ1n) is 12.7. The number of rotatable bonds is 7. The van der Waals surface area contributed by atoms with Crippen LogP contribution in [0.15, 0.2) is 86.9 Å². The van der Waals surface area contributed by atoms with E-state index in [4.69, 9.17) is 0 Å². The molecule has 6 aromatic rings. The van der Waals surface area contributed by atoms with E-state index < -0.39 is 17.5 Å². The van der Waals surface area contributed by atoms with Crippen molar-refractivity contribution in [3.63, 3.8) is 0 Å². The number of likely N-dealkylation sites (N-methyl/N-ethyl adjacent to an activating group) is 1. The molecule has 4 heterocycles. The molecule has 6 rings (SSSR count). The molecule has 1 unspecified atom stereocenters.